The summed E-state index contributed by atoms with van der Waals surface area (Å²) in [6, 6.07) is 3.72. The van der Waals surface area contributed by atoms with Crippen LogP contribution in [0.3, 0.4) is 0 Å². The van der Waals surface area contributed by atoms with Crippen molar-refractivity contribution in [3.63, 3.8) is 0 Å². The number of hydrogen-bond acceptors (Lipinski definition) is 6. The van der Waals surface area contributed by atoms with Gasteiger partial charge in [0.2, 0.25) is 0 Å². The van der Waals surface area contributed by atoms with Crippen LogP contribution in [0, 0.1) is 0 Å². The van der Waals surface area contributed by atoms with E-state index in [1.165, 1.54) is 18.4 Å². The minimum atomic E-state index is -0.470. The first-order chi connectivity index (χ1) is 9.15. The second-order valence-corrected chi connectivity index (χ2v) is 5.04. The molecule has 0 radical (unpaired) electrons. The van der Waals surface area contributed by atoms with Gasteiger partial charge in [0.05, 0.1) is 19.9 Å². The molecule has 0 spiro atoms. The van der Waals surface area contributed by atoms with Gasteiger partial charge in [0.1, 0.15) is 5.76 Å². The van der Waals surface area contributed by atoms with Crippen molar-refractivity contribution in [2.75, 3.05) is 18.6 Å². The van der Waals surface area contributed by atoms with Crippen LogP contribution in [-0.4, -0.2) is 24.6 Å². The van der Waals surface area contributed by atoms with Crippen molar-refractivity contribution in [3.05, 3.63) is 34.2 Å². The molecule has 0 unspecified atom stereocenters. The summed E-state index contributed by atoms with van der Waals surface area (Å²) in [5.41, 5.74) is 0. The molecule has 0 fully saturated rings. The highest BCUT2D eigenvalue weighted by molar-refractivity contribution is 7.18. The molecule has 0 bridgehead atoms. The highest BCUT2D eigenvalue weighted by Gasteiger charge is 2.20. The lowest BCUT2D eigenvalue weighted by atomic mass is 10.4. The fourth-order valence-electron chi connectivity index (χ4n) is 1.55. The highest BCUT2D eigenvalue weighted by atomic mass is 35.5. The van der Waals surface area contributed by atoms with Gasteiger partial charge < -0.3 is 14.1 Å². The zero-order chi connectivity index (χ0) is 13.8. The van der Waals surface area contributed by atoms with Gasteiger partial charge in [-0.25, -0.2) is 9.78 Å². The molecule has 0 saturated carbocycles. The Balaban J connectivity index is 2.21. The number of carbonyl (C=O) groups excluding carboxylic acids is 1. The monoisotopic (exact) mass is 300 g/mol. The maximum atomic E-state index is 11.5. The van der Waals surface area contributed by atoms with Gasteiger partial charge in [-0.1, -0.05) is 22.9 Å². The van der Waals surface area contributed by atoms with Crippen LogP contribution in [0.15, 0.2) is 22.8 Å². The molecule has 0 saturated heterocycles. The SMILES string of the molecule is CCN(Cc1ccco1)c1nc(Cl)c(C(=O)OC)s1. The average Bonchev–Trinajstić information content (AvgIpc) is 3.04. The van der Waals surface area contributed by atoms with E-state index in [0.717, 1.165) is 12.3 Å². The van der Waals surface area contributed by atoms with Gasteiger partial charge in [0.25, 0.3) is 0 Å². The van der Waals surface area contributed by atoms with Gasteiger partial charge in [-0.3, -0.25) is 0 Å². The zero-order valence-corrected chi connectivity index (χ0v) is 12.1. The summed E-state index contributed by atoms with van der Waals surface area (Å²) in [7, 11) is 1.32. The lowest BCUT2D eigenvalue weighted by Gasteiger charge is -2.17. The van der Waals surface area contributed by atoms with E-state index in [2.05, 4.69) is 9.72 Å². The highest BCUT2D eigenvalue weighted by Crippen LogP contribution is 2.31. The molecule has 0 aromatic carbocycles. The average molecular weight is 301 g/mol. The van der Waals surface area contributed by atoms with Gasteiger partial charge in [0.15, 0.2) is 15.2 Å². The number of hydrogen-bond donors (Lipinski definition) is 0. The number of halogens is 1. The number of carbonyl (C=O) groups is 1. The third-order valence-corrected chi connectivity index (χ3v) is 4.01. The first-order valence-electron chi connectivity index (χ1n) is 5.67. The molecule has 0 aliphatic rings. The van der Waals surface area contributed by atoms with Crippen LogP contribution in [0.4, 0.5) is 5.13 Å². The van der Waals surface area contributed by atoms with E-state index in [0.29, 0.717) is 16.6 Å². The molecule has 2 aromatic rings. The zero-order valence-electron chi connectivity index (χ0n) is 10.6. The Bertz CT molecular complexity index is 553. The third-order valence-electron chi connectivity index (χ3n) is 2.52. The van der Waals surface area contributed by atoms with E-state index >= 15 is 0 Å². The maximum Gasteiger partial charge on any atom is 0.351 e. The molecule has 5 nitrogen and oxygen atoms in total. The molecule has 2 rings (SSSR count). The van der Waals surface area contributed by atoms with E-state index in [-0.39, 0.29) is 5.15 Å². The van der Waals surface area contributed by atoms with Crippen LogP contribution in [-0.2, 0) is 11.3 Å². The molecule has 0 amide bonds. The van der Waals surface area contributed by atoms with Gasteiger partial charge in [-0.15, -0.1) is 0 Å². The van der Waals surface area contributed by atoms with Crippen LogP contribution >= 0.6 is 22.9 Å². The smallest absolute Gasteiger partial charge is 0.351 e. The van der Waals surface area contributed by atoms with Crippen molar-refractivity contribution in [3.8, 4) is 0 Å². The molecule has 0 N–H and O–H groups in total. The first kappa shape index (κ1) is 13.9. The van der Waals surface area contributed by atoms with Gasteiger partial charge in [-0.2, -0.15) is 0 Å². The van der Waals surface area contributed by atoms with Gasteiger partial charge in [-0.05, 0) is 19.1 Å². The van der Waals surface area contributed by atoms with E-state index in [4.69, 9.17) is 16.0 Å². The van der Waals surface area contributed by atoms with Crippen molar-refractivity contribution < 1.29 is 13.9 Å². The van der Waals surface area contributed by atoms with Crippen molar-refractivity contribution in [2.45, 2.75) is 13.5 Å². The number of ether oxygens (including phenoxy) is 1. The normalized spacial score (nSPS) is 10.5. The molecule has 0 aliphatic carbocycles. The lowest BCUT2D eigenvalue weighted by Crippen LogP contribution is -2.21. The van der Waals surface area contributed by atoms with E-state index in [9.17, 15) is 4.79 Å². The Morgan fingerprint density at radius 2 is 2.42 bits per heavy atom. The summed E-state index contributed by atoms with van der Waals surface area (Å²) in [4.78, 5) is 18.0. The topological polar surface area (TPSA) is 55.6 Å². The summed E-state index contributed by atoms with van der Waals surface area (Å²) in [6.07, 6.45) is 1.62. The number of aromatic nitrogens is 1. The fourth-order valence-corrected chi connectivity index (χ4v) is 2.81. The number of esters is 1. The van der Waals surface area contributed by atoms with Crippen LogP contribution in [0.5, 0.6) is 0 Å². The van der Waals surface area contributed by atoms with Crippen LogP contribution in [0.1, 0.15) is 22.4 Å². The molecule has 2 heterocycles. The second kappa shape index (κ2) is 6.08. The van der Waals surface area contributed by atoms with Crippen molar-refractivity contribution in [1.29, 1.82) is 0 Å². The quantitative estimate of drug-likeness (QED) is 0.794. The van der Waals surface area contributed by atoms with E-state index < -0.39 is 5.97 Å². The Morgan fingerprint density at radius 1 is 1.63 bits per heavy atom. The number of furan rings is 1. The molecule has 2 aromatic heterocycles. The van der Waals surface area contributed by atoms with Gasteiger partial charge in [0, 0.05) is 6.54 Å². The molecule has 19 heavy (non-hydrogen) atoms. The number of nitrogens with zero attached hydrogens (tertiary/aromatic N) is 2. The summed E-state index contributed by atoms with van der Waals surface area (Å²) < 4.78 is 9.96. The largest absolute Gasteiger partial charge is 0.467 e. The predicted octanol–water partition coefficient (Wildman–Crippen LogP) is 3.20. The molecule has 0 aliphatic heterocycles. The Kier molecular flexibility index (Phi) is 4.44. The molecule has 7 heteroatoms. The van der Waals surface area contributed by atoms with Crippen molar-refractivity contribution >= 4 is 34.0 Å². The van der Waals surface area contributed by atoms with E-state index in [1.54, 1.807) is 6.26 Å². The van der Waals surface area contributed by atoms with Crippen LogP contribution < -0.4 is 4.90 Å². The number of rotatable bonds is 5. The molecular weight excluding hydrogens is 288 g/mol. The van der Waals surface area contributed by atoms with Crippen molar-refractivity contribution in [2.24, 2.45) is 0 Å². The summed E-state index contributed by atoms with van der Waals surface area (Å²) in [5, 5.41) is 0.842. The minimum absolute atomic E-state index is 0.171. The number of methoxy groups -OCH3 is 1. The molecule has 102 valence electrons. The van der Waals surface area contributed by atoms with E-state index in [1.807, 2.05) is 24.0 Å². The van der Waals surface area contributed by atoms with Crippen LogP contribution in [0.2, 0.25) is 5.15 Å². The molecular formula is C12H13ClN2O3S. The van der Waals surface area contributed by atoms with Crippen molar-refractivity contribution in [1.82, 2.24) is 4.98 Å². The Labute approximate surface area is 119 Å². The lowest BCUT2D eigenvalue weighted by molar-refractivity contribution is 0.0606. The predicted molar refractivity (Wildman–Crippen MR) is 73.9 cm³/mol. The van der Waals surface area contributed by atoms with Crippen LogP contribution in [0.25, 0.3) is 0 Å². The Morgan fingerprint density at radius 3 is 3.00 bits per heavy atom. The summed E-state index contributed by atoms with van der Waals surface area (Å²) in [6.45, 7) is 3.30. The third kappa shape index (κ3) is 3.08. The maximum absolute atomic E-state index is 11.5. The number of anilines is 1. The first-order valence-corrected chi connectivity index (χ1v) is 6.87. The minimum Gasteiger partial charge on any atom is -0.467 e. The molecule has 0 atom stereocenters. The summed E-state index contributed by atoms with van der Waals surface area (Å²) in [5.74, 6) is 0.357. The fraction of sp³-hybridized carbons (Fsp3) is 0.333. The second-order valence-electron chi connectivity index (χ2n) is 3.70. The van der Waals surface area contributed by atoms with Gasteiger partial charge >= 0.3 is 5.97 Å². The summed E-state index contributed by atoms with van der Waals surface area (Å²) >= 11 is 7.16. The standard InChI is InChI=1S/C12H13ClN2O3S/c1-3-15(7-8-5-4-6-18-8)12-14-10(13)9(19-12)11(16)17-2/h4-6H,3,7H2,1-2H3. The Hall–Kier alpha value is -1.53. The number of thiazole rings is 1.